The summed E-state index contributed by atoms with van der Waals surface area (Å²) in [4.78, 5) is 3.88. The second kappa shape index (κ2) is 5.21. The third kappa shape index (κ3) is 2.34. The molecule has 0 fully saturated rings. The molecular weight excluding hydrogens is 204 g/mol. The van der Waals surface area contributed by atoms with E-state index in [1.165, 1.54) is 0 Å². The van der Waals surface area contributed by atoms with Gasteiger partial charge in [0.25, 0.3) is 0 Å². The third-order valence-electron chi connectivity index (χ3n) is 2.33. The second-order valence-corrected chi connectivity index (χ2v) is 3.27. The van der Waals surface area contributed by atoms with E-state index in [1.807, 2.05) is 12.1 Å². The first-order valence-electron chi connectivity index (χ1n) is 4.87. The molecule has 0 spiro atoms. The molecule has 1 aromatic carbocycles. The number of para-hydroxylation sites is 1. The Morgan fingerprint density at radius 1 is 1.38 bits per heavy atom. The highest BCUT2D eigenvalue weighted by atomic mass is 16.5. The van der Waals surface area contributed by atoms with Gasteiger partial charge in [-0.3, -0.25) is 4.99 Å². The number of rotatable bonds is 3. The normalized spacial score (nSPS) is 13.3. The summed E-state index contributed by atoms with van der Waals surface area (Å²) in [5, 5.41) is 9.83. The maximum Gasteiger partial charge on any atom is 0.160 e. The molecule has 0 aromatic heterocycles. The van der Waals surface area contributed by atoms with Crippen molar-refractivity contribution < 1.29 is 9.84 Å². The van der Waals surface area contributed by atoms with Crippen molar-refractivity contribution in [2.45, 2.75) is 6.92 Å². The molecule has 0 aliphatic heterocycles. The van der Waals surface area contributed by atoms with Crippen LogP contribution in [0.2, 0.25) is 0 Å². The highest BCUT2D eigenvalue weighted by molar-refractivity contribution is 6.02. The monoisotopic (exact) mass is 220 g/mol. The Balaban J connectivity index is 3.28. The predicted molar refractivity (Wildman–Crippen MR) is 65.8 cm³/mol. The molecule has 0 unspecified atom stereocenters. The summed E-state index contributed by atoms with van der Waals surface area (Å²) in [6.07, 6.45) is 0. The topological polar surface area (TPSA) is 67.8 Å². The number of methoxy groups -OCH3 is 1. The predicted octanol–water partition coefficient (Wildman–Crippen LogP) is 1.97. The number of nitrogens with zero attached hydrogens (tertiary/aromatic N) is 1. The molecule has 3 N–H and O–H groups in total. The van der Waals surface area contributed by atoms with E-state index in [4.69, 9.17) is 10.5 Å². The van der Waals surface area contributed by atoms with Crippen molar-refractivity contribution >= 4 is 11.4 Å². The molecular formula is C12H16N2O2. The Morgan fingerprint density at radius 2 is 2.00 bits per heavy atom. The van der Waals surface area contributed by atoms with E-state index in [1.54, 1.807) is 33.2 Å². The number of hydrogen-bond donors (Lipinski definition) is 2. The zero-order chi connectivity index (χ0) is 12.1. The lowest BCUT2D eigenvalue weighted by atomic mass is 10.1. The van der Waals surface area contributed by atoms with Crippen LogP contribution in [0, 0.1) is 0 Å². The molecule has 0 aliphatic carbocycles. The van der Waals surface area contributed by atoms with E-state index < -0.39 is 0 Å². The minimum absolute atomic E-state index is 0.0213. The van der Waals surface area contributed by atoms with Crippen LogP contribution >= 0.6 is 0 Å². The van der Waals surface area contributed by atoms with Crippen molar-refractivity contribution in [1.82, 2.24) is 0 Å². The van der Waals surface area contributed by atoms with Gasteiger partial charge in [-0.25, -0.2) is 0 Å². The van der Waals surface area contributed by atoms with Crippen molar-refractivity contribution in [3.05, 3.63) is 35.6 Å². The Labute approximate surface area is 95.1 Å². The van der Waals surface area contributed by atoms with E-state index in [0.717, 1.165) is 0 Å². The van der Waals surface area contributed by atoms with Crippen LogP contribution in [-0.4, -0.2) is 25.0 Å². The van der Waals surface area contributed by atoms with Gasteiger partial charge in [-0.2, -0.15) is 0 Å². The van der Waals surface area contributed by atoms with Crippen LogP contribution < -0.4 is 10.5 Å². The van der Waals surface area contributed by atoms with Gasteiger partial charge >= 0.3 is 0 Å². The lowest BCUT2D eigenvalue weighted by Gasteiger charge is -2.10. The van der Waals surface area contributed by atoms with Gasteiger partial charge in [-0.15, -0.1) is 0 Å². The van der Waals surface area contributed by atoms with E-state index in [0.29, 0.717) is 17.0 Å². The van der Waals surface area contributed by atoms with Crippen LogP contribution in [0.5, 0.6) is 5.75 Å². The molecule has 0 aliphatic rings. The summed E-state index contributed by atoms with van der Waals surface area (Å²) in [7, 11) is 3.16. The fourth-order valence-corrected chi connectivity index (χ4v) is 1.30. The van der Waals surface area contributed by atoms with Crippen LogP contribution in [0.3, 0.4) is 0 Å². The molecule has 0 atom stereocenters. The van der Waals surface area contributed by atoms with Gasteiger partial charge in [0.05, 0.1) is 18.5 Å². The van der Waals surface area contributed by atoms with Gasteiger partial charge in [0.15, 0.2) is 5.76 Å². The van der Waals surface area contributed by atoms with Gasteiger partial charge in [0.2, 0.25) is 0 Å². The van der Waals surface area contributed by atoms with Gasteiger partial charge in [-0.1, -0.05) is 12.1 Å². The largest absolute Gasteiger partial charge is 0.504 e. The average Bonchev–Trinajstić information content (AvgIpc) is 2.35. The summed E-state index contributed by atoms with van der Waals surface area (Å²) < 4.78 is 5.16. The number of aliphatic hydroxyl groups excluding tert-OH is 1. The van der Waals surface area contributed by atoms with Gasteiger partial charge in [-0.05, 0) is 19.1 Å². The highest BCUT2D eigenvalue weighted by Gasteiger charge is 2.11. The van der Waals surface area contributed by atoms with Crippen LogP contribution in [0.25, 0.3) is 5.70 Å². The first-order valence-corrected chi connectivity index (χ1v) is 4.87. The van der Waals surface area contributed by atoms with E-state index in [9.17, 15) is 5.11 Å². The molecule has 0 heterocycles. The van der Waals surface area contributed by atoms with Crippen LogP contribution in [0.4, 0.5) is 0 Å². The second-order valence-electron chi connectivity index (χ2n) is 3.27. The Bertz CT molecular complexity index is 436. The molecule has 0 radical (unpaired) electrons. The minimum Gasteiger partial charge on any atom is -0.504 e. The van der Waals surface area contributed by atoms with Crippen LogP contribution in [-0.2, 0) is 0 Å². The number of aliphatic hydroxyl groups is 1. The molecule has 0 bridgehead atoms. The third-order valence-corrected chi connectivity index (χ3v) is 2.33. The molecule has 4 nitrogen and oxygen atoms in total. The Hall–Kier alpha value is -1.97. The molecule has 16 heavy (non-hydrogen) atoms. The maximum absolute atomic E-state index is 9.83. The quantitative estimate of drug-likeness (QED) is 0.604. The van der Waals surface area contributed by atoms with Crippen molar-refractivity contribution in [2.75, 3.05) is 14.2 Å². The molecule has 1 aromatic rings. The van der Waals surface area contributed by atoms with Gasteiger partial charge in [0, 0.05) is 12.6 Å². The number of hydrogen-bond acceptors (Lipinski definition) is 4. The summed E-state index contributed by atoms with van der Waals surface area (Å²) >= 11 is 0. The van der Waals surface area contributed by atoms with E-state index in [-0.39, 0.29) is 11.5 Å². The zero-order valence-electron chi connectivity index (χ0n) is 9.69. The number of nitrogens with two attached hydrogens (primary N) is 1. The van der Waals surface area contributed by atoms with Gasteiger partial charge in [0.1, 0.15) is 5.75 Å². The summed E-state index contributed by atoms with van der Waals surface area (Å²) in [6, 6.07) is 7.24. The molecule has 0 saturated carbocycles. The van der Waals surface area contributed by atoms with E-state index in [2.05, 4.69) is 4.99 Å². The fraction of sp³-hybridized carbons (Fsp3) is 0.250. The average molecular weight is 220 g/mol. The molecule has 4 heteroatoms. The summed E-state index contributed by atoms with van der Waals surface area (Å²) in [5.41, 5.74) is 7.27. The number of ether oxygens (including phenoxy) is 1. The molecule has 86 valence electrons. The standard InChI is InChI=1S/C12H16N2O2/c1-8(14-2)12(15)11(13)9-6-4-5-7-10(9)16-3/h4-7,15H,13H2,1-3H3/b12-11+,14-8?. The van der Waals surface area contributed by atoms with Crippen LogP contribution in [0.15, 0.2) is 35.0 Å². The number of aliphatic imine (C=N–C) groups is 1. The molecule has 0 saturated heterocycles. The SMILES string of the molecule is CN=C(C)/C(O)=C(\N)c1ccccc1OC. The smallest absolute Gasteiger partial charge is 0.160 e. The first-order chi connectivity index (χ1) is 7.61. The Morgan fingerprint density at radius 3 is 2.56 bits per heavy atom. The zero-order valence-corrected chi connectivity index (χ0v) is 9.69. The minimum atomic E-state index is -0.0213. The lowest BCUT2D eigenvalue weighted by molar-refractivity contribution is 0.412. The summed E-state index contributed by atoms with van der Waals surface area (Å²) in [5.74, 6) is 0.599. The van der Waals surface area contributed by atoms with Crippen molar-refractivity contribution in [3.63, 3.8) is 0 Å². The lowest BCUT2D eigenvalue weighted by Crippen LogP contribution is -2.08. The number of benzene rings is 1. The van der Waals surface area contributed by atoms with Gasteiger partial charge < -0.3 is 15.6 Å². The van der Waals surface area contributed by atoms with Crippen molar-refractivity contribution in [1.29, 1.82) is 0 Å². The maximum atomic E-state index is 9.83. The van der Waals surface area contributed by atoms with Crippen molar-refractivity contribution in [3.8, 4) is 5.75 Å². The fourth-order valence-electron chi connectivity index (χ4n) is 1.30. The van der Waals surface area contributed by atoms with Crippen molar-refractivity contribution in [2.24, 2.45) is 10.7 Å². The highest BCUT2D eigenvalue weighted by Crippen LogP contribution is 2.24. The molecule has 1 rings (SSSR count). The van der Waals surface area contributed by atoms with E-state index >= 15 is 0 Å². The number of allylic oxidation sites excluding steroid dienone is 1. The Kier molecular flexibility index (Phi) is 3.94. The summed E-state index contributed by atoms with van der Waals surface area (Å²) in [6.45, 7) is 1.69. The van der Waals surface area contributed by atoms with Crippen LogP contribution in [0.1, 0.15) is 12.5 Å². The molecule has 0 amide bonds. The first kappa shape index (κ1) is 12.1.